The van der Waals surface area contributed by atoms with Gasteiger partial charge in [-0.15, -0.1) is 0 Å². The van der Waals surface area contributed by atoms with E-state index < -0.39 is 0 Å². The zero-order valence-electron chi connectivity index (χ0n) is 12.6. The highest BCUT2D eigenvalue weighted by atomic mass is 16.5. The largest absolute Gasteiger partial charge is 0.383 e. The van der Waals surface area contributed by atoms with Crippen LogP contribution in [0.5, 0.6) is 0 Å². The monoisotopic (exact) mass is 290 g/mol. The first-order valence-corrected chi connectivity index (χ1v) is 7.21. The van der Waals surface area contributed by atoms with Gasteiger partial charge in [0.1, 0.15) is 0 Å². The van der Waals surface area contributed by atoms with Crippen molar-refractivity contribution in [2.75, 3.05) is 33.9 Å². The Morgan fingerprint density at radius 1 is 1.38 bits per heavy atom. The number of carbonyl (C=O) groups is 2. The molecule has 1 aromatic carbocycles. The number of carbonyl (C=O) groups excluding carboxylic acids is 2. The Morgan fingerprint density at radius 2 is 2.10 bits per heavy atom. The molecule has 0 radical (unpaired) electrons. The molecule has 1 aliphatic heterocycles. The molecule has 114 valence electrons. The molecule has 0 spiro atoms. The van der Waals surface area contributed by atoms with E-state index in [0.29, 0.717) is 31.1 Å². The summed E-state index contributed by atoms with van der Waals surface area (Å²) in [6.45, 7) is 2.04. The molecule has 1 aromatic rings. The topological polar surface area (TPSA) is 58.6 Å². The number of benzene rings is 1. The molecule has 1 N–H and O–H groups in total. The lowest BCUT2D eigenvalue weighted by atomic mass is 9.97. The van der Waals surface area contributed by atoms with Crippen molar-refractivity contribution in [1.29, 1.82) is 0 Å². The summed E-state index contributed by atoms with van der Waals surface area (Å²) in [4.78, 5) is 25.2. The number of nitrogens with one attached hydrogen (secondary N) is 1. The van der Waals surface area contributed by atoms with E-state index in [-0.39, 0.29) is 11.8 Å². The van der Waals surface area contributed by atoms with Gasteiger partial charge in [0.25, 0.3) is 5.91 Å². The fourth-order valence-corrected chi connectivity index (χ4v) is 2.68. The Kier molecular flexibility index (Phi) is 5.33. The molecule has 2 rings (SSSR count). The van der Waals surface area contributed by atoms with Crippen LogP contribution in [0.4, 0.5) is 0 Å². The van der Waals surface area contributed by atoms with Gasteiger partial charge in [-0.1, -0.05) is 12.1 Å². The Bertz CT molecular complexity index is 499. The summed E-state index contributed by atoms with van der Waals surface area (Å²) < 4.78 is 5.02. The fraction of sp³-hybridized carbons (Fsp3) is 0.500. The van der Waals surface area contributed by atoms with E-state index >= 15 is 0 Å². The molecule has 0 bridgehead atoms. The van der Waals surface area contributed by atoms with Crippen molar-refractivity contribution in [3.8, 4) is 0 Å². The highest BCUT2D eigenvalue weighted by Gasteiger charge is 2.29. The van der Waals surface area contributed by atoms with Crippen LogP contribution in [0.3, 0.4) is 0 Å². The zero-order chi connectivity index (χ0) is 15.2. The maximum atomic E-state index is 11.9. The van der Waals surface area contributed by atoms with Gasteiger partial charge in [0.2, 0.25) is 5.91 Å². The van der Waals surface area contributed by atoms with Crippen LogP contribution in [0.15, 0.2) is 24.3 Å². The Labute approximate surface area is 125 Å². The van der Waals surface area contributed by atoms with Crippen molar-refractivity contribution >= 4 is 11.8 Å². The molecule has 2 amide bonds. The van der Waals surface area contributed by atoms with Gasteiger partial charge in [0.05, 0.1) is 6.61 Å². The first-order valence-electron chi connectivity index (χ1n) is 7.21. The molecule has 1 atom stereocenters. The van der Waals surface area contributed by atoms with Crippen LogP contribution >= 0.6 is 0 Å². The molecule has 5 heteroatoms. The normalized spacial score (nSPS) is 18.1. The molecule has 1 aliphatic rings. The molecule has 1 heterocycles. The summed E-state index contributed by atoms with van der Waals surface area (Å²) in [5.41, 5.74) is 1.82. The third-order valence-corrected chi connectivity index (χ3v) is 3.83. The maximum absolute atomic E-state index is 11.9. The number of methoxy groups -OCH3 is 1. The lowest BCUT2D eigenvalue weighted by molar-refractivity contribution is -0.128. The van der Waals surface area contributed by atoms with Gasteiger partial charge in [-0.05, 0) is 30.0 Å². The second-order valence-corrected chi connectivity index (χ2v) is 5.38. The number of rotatable bonds is 6. The predicted octanol–water partition coefficient (Wildman–Crippen LogP) is 1.08. The number of nitrogens with zero attached hydrogens (tertiary/aromatic N) is 1. The van der Waals surface area contributed by atoms with Crippen LogP contribution in [0.2, 0.25) is 0 Å². The van der Waals surface area contributed by atoms with Gasteiger partial charge in [0.15, 0.2) is 0 Å². The second kappa shape index (κ2) is 7.22. The Morgan fingerprint density at radius 3 is 2.71 bits per heavy atom. The molecule has 1 saturated heterocycles. The molecule has 1 fully saturated rings. The van der Waals surface area contributed by atoms with E-state index in [2.05, 4.69) is 5.32 Å². The van der Waals surface area contributed by atoms with Gasteiger partial charge in [-0.3, -0.25) is 9.59 Å². The fourth-order valence-electron chi connectivity index (χ4n) is 2.68. The molecule has 21 heavy (non-hydrogen) atoms. The van der Waals surface area contributed by atoms with E-state index in [1.54, 1.807) is 14.2 Å². The van der Waals surface area contributed by atoms with Crippen molar-refractivity contribution in [2.45, 2.75) is 12.8 Å². The van der Waals surface area contributed by atoms with Crippen LogP contribution in [-0.2, 0) is 16.0 Å². The van der Waals surface area contributed by atoms with E-state index in [1.807, 2.05) is 29.2 Å². The van der Waals surface area contributed by atoms with Gasteiger partial charge in [-0.2, -0.15) is 0 Å². The summed E-state index contributed by atoms with van der Waals surface area (Å²) in [5, 5.41) is 2.60. The lowest BCUT2D eigenvalue weighted by Crippen LogP contribution is -2.28. The third-order valence-electron chi connectivity index (χ3n) is 3.83. The number of amides is 2. The Hall–Kier alpha value is -1.88. The average molecular weight is 290 g/mol. The van der Waals surface area contributed by atoms with Crippen LogP contribution < -0.4 is 5.32 Å². The van der Waals surface area contributed by atoms with E-state index in [4.69, 9.17) is 4.74 Å². The standard InChI is InChI=1S/C16H22N2O3/c1-17-16(20)14-5-3-12(4-6-14)9-13-10-15(19)18(11-13)7-8-21-2/h3-6,13H,7-11H2,1-2H3,(H,17,20)/t13-/m0/s1. The quantitative estimate of drug-likeness (QED) is 0.853. The van der Waals surface area contributed by atoms with Crippen LogP contribution in [-0.4, -0.2) is 50.6 Å². The molecular formula is C16H22N2O3. The molecule has 0 aromatic heterocycles. The minimum atomic E-state index is -0.0802. The summed E-state index contributed by atoms with van der Waals surface area (Å²) >= 11 is 0. The van der Waals surface area contributed by atoms with Crippen LogP contribution in [0.1, 0.15) is 22.3 Å². The lowest BCUT2D eigenvalue weighted by Gasteiger charge is -2.16. The van der Waals surface area contributed by atoms with Gasteiger partial charge in [-0.25, -0.2) is 0 Å². The minimum Gasteiger partial charge on any atom is -0.383 e. The second-order valence-electron chi connectivity index (χ2n) is 5.38. The van der Waals surface area contributed by atoms with Gasteiger partial charge < -0.3 is 15.0 Å². The van der Waals surface area contributed by atoms with Crippen molar-refractivity contribution in [3.63, 3.8) is 0 Å². The predicted molar refractivity (Wildman–Crippen MR) is 80.1 cm³/mol. The summed E-state index contributed by atoms with van der Waals surface area (Å²) in [6.07, 6.45) is 1.46. The molecule has 0 unspecified atom stereocenters. The van der Waals surface area contributed by atoms with Crippen molar-refractivity contribution < 1.29 is 14.3 Å². The number of hydrogen-bond acceptors (Lipinski definition) is 3. The first kappa shape index (κ1) is 15.5. The molecule has 5 nitrogen and oxygen atoms in total. The molecule has 0 aliphatic carbocycles. The highest BCUT2D eigenvalue weighted by molar-refractivity contribution is 5.93. The van der Waals surface area contributed by atoms with E-state index in [9.17, 15) is 9.59 Å². The van der Waals surface area contributed by atoms with E-state index in [0.717, 1.165) is 18.5 Å². The molecule has 0 saturated carbocycles. The maximum Gasteiger partial charge on any atom is 0.251 e. The van der Waals surface area contributed by atoms with Crippen LogP contribution in [0, 0.1) is 5.92 Å². The first-order chi connectivity index (χ1) is 10.1. The number of hydrogen-bond donors (Lipinski definition) is 1. The Balaban J connectivity index is 1.90. The molecular weight excluding hydrogens is 268 g/mol. The number of ether oxygens (including phenoxy) is 1. The van der Waals surface area contributed by atoms with Crippen molar-refractivity contribution in [1.82, 2.24) is 10.2 Å². The summed E-state index contributed by atoms with van der Waals surface area (Å²) in [5.74, 6) is 0.475. The highest BCUT2D eigenvalue weighted by Crippen LogP contribution is 2.22. The smallest absolute Gasteiger partial charge is 0.251 e. The zero-order valence-corrected chi connectivity index (χ0v) is 12.6. The SMILES string of the molecule is CNC(=O)c1ccc(C[C@H]2CC(=O)N(CCOC)C2)cc1. The minimum absolute atomic E-state index is 0.0802. The van der Waals surface area contributed by atoms with Gasteiger partial charge >= 0.3 is 0 Å². The average Bonchev–Trinajstić information content (AvgIpc) is 2.84. The van der Waals surface area contributed by atoms with Crippen LogP contribution in [0.25, 0.3) is 0 Å². The van der Waals surface area contributed by atoms with Gasteiger partial charge in [0, 0.05) is 39.2 Å². The van der Waals surface area contributed by atoms with E-state index in [1.165, 1.54) is 0 Å². The van der Waals surface area contributed by atoms with Crippen molar-refractivity contribution in [2.24, 2.45) is 5.92 Å². The third kappa shape index (κ3) is 4.04. The number of likely N-dealkylation sites (tertiary alicyclic amines) is 1. The summed E-state index contributed by atoms with van der Waals surface area (Å²) in [6, 6.07) is 7.58. The summed E-state index contributed by atoms with van der Waals surface area (Å²) in [7, 11) is 3.26. The van der Waals surface area contributed by atoms with Crippen molar-refractivity contribution in [3.05, 3.63) is 35.4 Å².